The highest BCUT2D eigenvalue weighted by atomic mass is 32.1. The second-order valence-electron chi connectivity index (χ2n) is 7.46. The first kappa shape index (κ1) is 22.3. The molecule has 4 rings (SSSR count). The SMILES string of the molecule is CC(C)c1nn2c(=O)cc(COC(=O)c3ccccc3NC(=O)c3ccc(F)cc3)nc2s1. The number of para-hydroxylation sites is 1. The quantitative estimate of drug-likeness (QED) is 0.431. The van der Waals surface area contributed by atoms with Crippen molar-refractivity contribution in [2.24, 2.45) is 0 Å². The van der Waals surface area contributed by atoms with E-state index in [2.05, 4.69) is 15.4 Å². The molecule has 2 heterocycles. The van der Waals surface area contributed by atoms with Crippen LogP contribution in [0, 0.1) is 5.82 Å². The smallest absolute Gasteiger partial charge is 0.340 e. The Morgan fingerprint density at radius 2 is 1.88 bits per heavy atom. The standard InChI is InChI=1S/C23H19FN4O4S/c1-13(2)21-27-28-19(29)11-16(25-23(28)33-21)12-32-22(31)17-5-3-4-6-18(17)26-20(30)14-7-9-15(24)10-8-14/h3-11,13H,12H2,1-2H3,(H,26,30). The summed E-state index contributed by atoms with van der Waals surface area (Å²) >= 11 is 1.30. The van der Waals surface area contributed by atoms with E-state index in [1.54, 1.807) is 18.2 Å². The lowest BCUT2D eigenvalue weighted by molar-refractivity contribution is 0.0469. The van der Waals surface area contributed by atoms with Crippen molar-refractivity contribution in [2.75, 3.05) is 5.32 Å². The fourth-order valence-electron chi connectivity index (χ4n) is 2.96. The Balaban J connectivity index is 1.50. The van der Waals surface area contributed by atoms with Crippen molar-refractivity contribution in [3.63, 3.8) is 0 Å². The minimum atomic E-state index is -0.695. The number of ether oxygens (including phenoxy) is 1. The van der Waals surface area contributed by atoms with Gasteiger partial charge in [-0.15, -0.1) is 0 Å². The lowest BCUT2D eigenvalue weighted by Crippen LogP contribution is -2.18. The van der Waals surface area contributed by atoms with Crippen LogP contribution in [0.4, 0.5) is 10.1 Å². The van der Waals surface area contributed by atoms with Gasteiger partial charge in [0.15, 0.2) is 0 Å². The number of nitrogens with zero attached hydrogens (tertiary/aromatic N) is 3. The van der Waals surface area contributed by atoms with Crippen LogP contribution in [-0.4, -0.2) is 26.5 Å². The van der Waals surface area contributed by atoms with Gasteiger partial charge in [-0.3, -0.25) is 9.59 Å². The van der Waals surface area contributed by atoms with Crippen LogP contribution in [0.2, 0.25) is 0 Å². The Bertz CT molecular complexity index is 1400. The third kappa shape index (κ3) is 4.96. The molecular weight excluding hydrogens is 447 g/mol. The molecule has 2 aromatic heterocycles. The molecule has 1 N–H and O–H groups in total. The predicted octanol–water partition coefficient (Wildman–Crippen LogP) is 4.02. The van der Waals surface area contributed by atoms with Gasteiger partial charge in [-0.1, -0.05) is 37.3 Å². The molecule has 0 saturated heterocycles. The first-order valence-corrected chi connectivity index (χ1v) is 10.9. The van der Waals surface area contributed by atoms with Crippen LogP contribution >= 0.6 is 11.3 Å². The number of amides is 1. The maximum atomic E-state index is 13.1. The van der Waals surface area contributed by atoms with Gasteiger partial charge in [0.25, 0.3) is 11.5 Å². The summed E-state index contributed by atoms with van der Waals surface area (Å²) in [7, 11) is 0. The molecule has 8 nitrogen and oxygen atoms in total. The number of esters is 1. The molecule has 0 aliphatic carbocycles. The Labute approximate surface area is 191 Å². The van der Waals surface area contributed by atoms with Crippen LogP contribution in [0.3, 0.4) is 0 Å². The van der Waals surface area contributed by atoms with Crippen LogP contribution in [0.5, 0.6) is 0 Å². The first-order valence-electron chi connectivity index (χ1n) is 10.0. The highest BCUT2D eigenvalue weighted by molar-refractivity contribution is 7.16. The highest BCUT2D eigenvalue weighted by Crippen LogP contribution is 2.21. The normalized spacial score (nSPS) is 11.0. The van der Waals surface area contributed by atoms with E-state index in [0.29, 0.717) is 10.7 Å². The van der Waals surface area contributed by atoms with E-state index in [1.165, 1.54) is 52.3 Å². The molecule has 168 valence electrons. The van der Waals surface area contributed by atoms with Gasteiger partial charge in [-0.05, 0) is 36.4 Å². The predicted molar refractivity (Wildman–Crippen MR) is 121 cm³/mol. The van der Waals surface area contributed by atoms with Crippen molar-refractivity contribution in [2.45, 2.75) is 26.4 Å². The maximum Gasteiger partial charge on any atom is 0.340 e. The van der Waals surface area contributed by atoms with Crippen LogP contribution < -0.4 is 10.9 Å². The minimum absolute atomic E-state index is 0.130. The fraction of sp³-hybridized carbons (Fsp3) is 0.174. The van der Waals surface area contributed by atoms with E-state index < -0.39 is 17.7 Å². The number of aromatic nitrogens is 3. The summed E-state index contributed by atoms with van der Waals surface area (Å²) in [6.45, 7) is 3.72. The van der Waals surface area contributed by atoms with Crippen molar-refractivity contribution >= 4 is 33.9 Å². The zero-order valence-corrected chi connectivity index (χ0v) is 18.6. The van der Waals surface area contributed by atoms with Crippen LogP contribution in [0.15, 0.2) is 59.4 Å². The van der Waals surface area contributed by atoms with Crippen LogP contribution in [-0.2, 0) is 11.3 Å². The Kier molecular flexibility index (Phi) is 6.27. The van der Waals surface area contributed by atoms with Gasteiger partial charge in [-0.2, -0.15) is 9.61 Å². The van der Waals surface area contributed by atoms with E-state index in [9.17, 15) is 18.8 Å². The molecular formula is C23H19FN4O4S. The first-order chi connectivity index (χ1) is 15.8. The summed E-state index contributed by atoms with van der Waals surface area (Å²) in [4.78, 5) is 42.3. The Morgan fingerprint density at radius 3 is 2.61 bits per heavy atom. The van der Waals surface area contributed by atoms with E-state index in [0.717, 1.165) is 5.01 Å². The molecule has 0 atom stereocenters. The zero-order valence-electron chi connectivity index (χ0n) is 17.7. The maximum absolute atomic E-state index is 13.1. The van der Waals surface area contributed by atoms with Crippen molar-refractivity contribution in [1.29, 1.82) is 0 Å². The van der Waals surface area contributed by atoms with Crippen LogP contribution in [0.25, 0.3) is 4.96 Å². The van der Waals surface area contributed by atoms with Gasteiger partial charge in [-0.25, -0.2) is 14.2 Å². The average Bonchev–Trinajstić information content (AvgIpc) is 3.23. The molecule has 0 fully saturated rings. The molecule has 0 unspecified atom stereocenters. The van der Waals surface area contributed by atoms with E-state index in [4.69, 9.17) is 4.74 Å². The van der Waals surface area contributed by atoms with E-state index in [1.807, 2.05) is 13.8 Å². The third-order valence-corrected chi connectivity index (χ3v) is 5.87. The number of benzene rings is 2. The highest BCUT2D eigenvalue weighted by Gasteiger charge is 2.17. The number of anilines is 1. The molecule has 0 radical (unpaired) electrons. The second kappa shape index (κ2) is 9.29. The summed E-state index contributed by atoms with van der Waals surface area (Å²) in [5.74, 6) is -1.50. The number of nitrogens with one attached hydrogen (secondary N) is 1. The van der Waals surface area contributed by atoms with Crippen molar-refractivity contribution in [3.05, 3.63) is 92.6 Å². The van der Waals surface area contributed by atoms with Gasteiger partial charge in [0.2, 0.25) is 4.96 Å². The monoisotopic (exact) mass is 466 g/mol. The second-order valence-corrected chi connectivity index (χ2v) is 8.45. The van der Waals surface area contributed by atoms with E-state index in [-0.39, 0.29) is 34.9 Å². The average molecular weight is 466 g/mol. The Hall–Kier alpha value is -3.92. The summed E-state index contributed by atoms with van der Waals surface area (Å²) in [6.07, 6.45) is 0. The fourth-order valence-corrected chi connectivity index (χ4v) is 3.89. The molecule has 0 aliphatic heterocycles. The van der Waals surface area contributed by atoms with Crippen LogP contribution in [0.1, 0.15) is 51.2 Å². The zero-order chi connectivity index (χ0) is 23.5. The van der Waals surface area contributed by atoms with Gasteiger partial charge < -0.3 is 10.1 Å². The number of hydrogen-bond donors (Lipinski definition) is 1. The lowest BCUT2D eigenvalue weighted by Gasteiger charge is -2.11. The summed E-state index contributed by atoms with van der Waals surface area (Å²) in [5.41, 5.74) is 0.541. The molecule has 0 spiro atoms. The van der Waals surface area contributed by atoms with Crippen molar-refractivity contribution < 1.29 is 18.7 Å². The van der Waals surface area contributed by atoms with Crippen molar-refractivity contribution in [3.8, 4) is 0 Å². The topological polar surface area (TPSA) is 103 Å². The largest absolute Gasteiger partial charge is 0.456 e. The van der Waals surface area contributed by atoms with Crippen molar-refractivity contribution in [1.82, 2.24) is 14.6 Å². The number of fused-ring (bicyclic) bond motifs is 1. The van der Waals surface area contributed by atoms with Gasteiger partial charge in [0, 0.05) is 17.5 Å². The van der Waals surface area contributed by atoms with Gasteiger partial charge in [0.1, 0.15) is 17.4 Å². The number of carbonyl (C=O) groups is 2. The number of halogens is 1. The van der Waals surface area contributed by atoms with Gasteiger partial charge in [0.05, 0.1) is 16.9 Å². The molecule has 0 bridgehead atoms. The number of carbonyl (C=O) groups excluding carboxylic acids is 2. The van der Waals surface area contributed by atoms with Gasteiger partial charge >= 0.3 is 5.97 Å². The molecule has 0 aliphatic rings. The molecule has 4 aromatic rings. The number of rotatable bonds is 6. The molecule has 33 heavy (non-hydrogen) atoms. The summed E-state index contributed by atoms with van der Waals surface area (Å²) in [6, 6.07) is 12.7. The lowest BCUT2D eigenvalue weighted by atomic mass is 10.1. The van der Waals surface area contributed by atoms with E-state index >= 15 is 0 Å². The molecule has 1 amide bonds. The minimum Gasteiger partial charge on any atom is -0.456 e. The third-order valence-electron chi connectivity index (χ3n) is 4.66. The molecule has 10 heteroatoms. The summed E-state index contributed by atoms with van der Waals surface area (Å²) < 4.78 is 19.7. The Morgan fingerprint density at radius 1 is 1.15 bits per heavy atom. The number of hydrogen-bond acceptors (Lipinski definition) is 7. The molecule has 2 aromatic carbocycles. The molecule has 0 saturated carbocycles. The summed E-state index contributed by atoms with van der Waals surface area (Å²) in [5, 5.41) is 7.67.